The molecule has 0 fully saturated rings. The Hall–Kier alpha value is -3.34. The zero-order valence-corrected chi connectivity index (χ0v) is 25.4. The number of rotatable bonds is 8. The van der Waals surface area contributed by atoms with Crippen molar-refractivity contribution >= 4 is 19.6 Å². The summed E-state index contributed by atoms with van der Waals surface area (Å²) >= 11 is 1.36. The van der Waals surface area contributed by atoms with Gasteiger partial charge in [-0.3, -0.25) is 0 Å². The van der Waals surface area contributed by atoms with Crippen LogP contribution in [0.4, 0.5) is 0 Å². The first kappa shape index (κ1) is 28.7. The minimum Gasteiger partial charge on any atom is -0.506 e. The molecule has 0 aliphatic heterocycles. The number of aromatic hydroxyl groups is 1. The molecule has 0 unspecified atom stereocenters. The number of phenolic OH excluding ortho intramolecular Hbond substituents is 1. The summed E-state index contributed by atoms with van der Waals surface area (Å²) in [5.41, 5.74) is 6.87. The van der Waals surface area contributed by atoms with E-state index in [1.807, 2.05) is 116 Å². The Bertz CT molecular complexity index is 1500. The summed E-state index contributed by atoms with van der Waals surface area (Å²) in [6.45, 7) is 15.3. The van der Waals surface area contributed by atoms with E-state index in [1.165, 1.54) is 11.8 Å². The molecule has 4 aromatic rings. The van der Waals surface area contributed by atoms with E-state index in [-0.39, 0.29) is 5.75 Å². The molecule has 0 atom stereocenters. The molecule has 0 aliphatic rings. The van der Waals surface area contributed by atoms with Gasteiger partial charge in [-0.15, -0.1) is 0 Å². The SMILES string of the molecule is Cc1cc(C)c(O)c(Sc2cc(C)cc(C)c2OP(=O)(Oc2c(C)cccc2C)Oc2c(C)cccc2C)c1. The number of hydrogen-bond donors (Lipinski definition) is 1. The van der Waals surface area contributed by atoms with Crippen LogP contribution in [-0.4, -0.2) is 5.11 Å². The maximum Gasteiger partial charge on any atom is 0.647 e. The van der Waals surface area contributed by atoms with Crippen LogP contribution in [0.5, 0.6) is 23.0 Å². The molecular weight excluding hydrogens is 527 g/mol. The van der Waals surface area contributed by atoms with E-state index < -0.39 is 7.82 Å². The number of phosphoric ester groups is 1. The molecule has 0 saturated heterocycles. The molecule has 0 radical (unpaired) electrons. The first-order valence-corrected chi connectivity index (χ1v) is 15.0. The van der Waals surface area contributed by atoms with Crippen LogP contribution >= 0.6 is 19.6 Å². The molecule has 1 N–H and O–H groups in total. The molecule has 0 heterocycles. The van der Waals surface area contributed by atoms with Crippen molar-refractivity contribution in [1.29, 1.82) is 0 Å². The van der Waals surface area contributed by atoms with Gasteiger partial charge in [0.25, 0.3) is 0 Å². The molecule has 204 valence electrons. The van der Waals surface area contributed by atoms with Gasteiger partial charge in [-0.25, -0.2) is 0 Å². The van der Waals surface area contributed by atoms with Crippen molar-refractivity contribution in [3.63, 3.8) is 0 Å². The maximum absolute atomic E-state index is 14.6. The molecule has 0 aliphatic carbocycles. The number of benzene rings is 4. The number of phosphoric acid groups is 1. The van der Waals surface area contributed by atoms with Gasteiger partial charge in [0.15, 0.2) is 5.75 Å². The molecule has 0 spiro atoms. The van der Waals surface area contributed by atoms with Crippen molar-refractivity contribution < 1.29 is 23.2 Å². The Kier molecular flexibility index (Phi) is 8.39. The maximum atomic E-state index is 14.6. The summed E-state index contributed by atoms with van der Waals surface area (Å²) in [5.74, 6) is 1.50. The Morgan fingerprint density at radius 3 is 1.46 bits per heavy atom. The van der Waals surface area contributed by atoms with Gasteiger partial charge < -0.3 is 18.7 Å². The van der Waals surface area contributed by atoms with E-state index >= 15 is 0 Å². The summed E-state index contributed by atoms with van der Waals surface area (Å²) in [6, 6.07) is 19.2. The smallest absolute Gasteiger partial charge is 0.506 e. The standard InChI is InChI=1S/C32H35O5PS/c1-19-15-25(7)29(33)27(17-19)39-28-18-20(2)16-26(8)32(28)37-38(34,35-30-21(3)11-9-12-22(30)4)36-31-23(5)13-10-14-24(31)6/h9-18,33H,1-8H3. The summed E-state index contributed by atoms with van der Waals surface area (Å²) in [5, 5.41) is 10.8. The van der Waals surface area contributed by atoms with E-state index in [2.05, 4.69) is 0 Å². The second kappa shape index (κ2) is 11.4. The number of aryl methyl sites for hydroxylation is 8. The van der Waals surface area contributed by atoms with Crippen molar-refractivity contribution in [2.24, 2.45) is 0 Å². The van der Waals surface area contributed by atoms with Crippen LogP contribution in [0.25, 0.3) is 0 Å². The van der Waals surface area contributed by atoms with Crippen molar-refractivity contribution in [3.8, 4) is 23.0 Å². The summed E-state index contributed by atoms with van der Waals surface area (Å²) in [6.07, 6.45) is 0. The molecule has 0 amide bonds. The van der Waals surface area contributed by atoms with Gasteiger partial charge in [0, 0.05) is 0 Å². The van der Waals surface area contributed by atoms with E-state index in [4.69, 9.17) is 13.6 Å². The number of phenols is 1. The summed E-state index contributed by atoms with van der Waals surface area (Å²) < 4.78 is 33.3. The lowest BCUT2D eigenvalue weighted by Gasteiger charge is -2.25. The van der Waals surface area contributed by atoms with Gasteiger partial charge >= 0.3 is 7.82 Å². The van der Waals surface area contributed by atoms with Gasteiger partial charge in [-0.2, -0.15) is 4.57 Å². The predicted octanol–water partition coefficient (Wildman–Crippen LogP) is 9.66. The fraction of sp³-hybridized carbons (Fsp3) is 0.250. The highest BCUT2D eigenvalue weighted by atomic mass is 32.2. The first-order valence-electron chi connectivity index (χ1n) is 12.8. The lowest BCUT2D eigenvalue weighted by molar-refractivity contribution is 0.292. The van der Waals surface area contributed by atoms with Crippen molar-refractivity contribution in [1.82, 2.24) is 0 Å². The highest BCUT2D eigenvalue weighted by Gasteiger charge is 2.37. The first-order chi connectivity index (χ1) is 18.4. The molecule has 0 bridgehead atoms. The third-order valence-electron chi connectivity index (χ3n) is 6.44. The van der Waals surface area contributed by atoms with Crippen LogP contribution in [0.1, 0.15) is 44.5 Å². The highest BCUT2D eigenvalue weighted by molar-refractivity contribution is 7.99. The van der Waals surface area contributed by atoms with Gasteiger partial charge in [0.1, 0.15) is 17.2 Å². The van der Waals surface area contributed by atoms with Crippen LogP contribution in [0, 0.1) is 55.4 Å². The van der Waals surface area contributed by atoms with E-state index in [1.54, 1.807) is 0 Å². The molecule has 5 nitrogen and oxygen atoms in total. The third kappa shape index (κ3) is 6.46. The lowest BCUT2D eigenvalue weighted by atomic mass is 10.1. The van der Waals surface area contributed by atoms with E-state index in [0.717, 1.165) is 44.5 Å². The largest absolute Gasteiger partial charge is 0.647 e. The molecule has 4 aromatic carbocycles. The van der Waals surface area contributed by atoms with Crippen LogP contribution in [0.15, 0.2) is 70.5 Å². The van der Waals surface area contributed by atoms with Crippen molar-refractivity contribution in [2.75, 3.05) is 0 Å². The van der Waals surface area contributed by atoms with Crippen LogP contribution in [0.3, 0.4) is 0 Å². The fourth-order valence-corrected chi connectivity index (χ4v) is 7.45. The average molecular weight is 563 g/mol. The Labute approximate surface area is 235 Å². The third-order valence-corrected chi connectivity index (χ3v) is 8.71. The summed E-state index contributed by atoms with van der Waals surface area (Å²) in [4.78, 5) is 1.38. The van der Waals surface area contributed by atoms with Crippen molar-refractivity contribution in [3.05, 3.63) is 105 Å². The highest BCUT2D eigenvalue weighted by Crippen LogP contribution is 2.55. The average Bonchev–Trinajstić information content (AvgIpc) is 2.84. The molecular formula is C32H35O5PS. The monoisotopic (exact) mass is 562 g/mol. The minimum atomic E-state index is -4.27. The quantitative estimate of drug-likeness (QED) is 0.216. The second-order valence-corrected chi connectivity index (χ2v) is 12.6. The van der Waals surface area contributed by atoms with E-state index in [0.29, 0.717) is 27.0 Å². The lowest BCUT2D eigenvalue weighted by Crippen LogP contribution is -2.11. The molecule has 0 aromatic heterocycles. The Morgan fingerprint density at radius 2 is 0.974 bits per heavy atom. The molecule has 0 saturated carbocycles. The van der Waals surface area contributed by atoms with Gasteiger partial charge in [0.05, 0.1) is 9.79 Å². The topological polar surface area (TPSA) is 65.0 Å². The Morgan fingerprint density at radius 1 is 0.564 bits per heavy atom. The second-order valence-electron chi connectivity index (χ2n) is 10.1. The van der Waals surface area contributed by atoms with Gasteiger partial charge in [-0.05, 0) is 112 Å². The Balaban J connectivity index is 1.84. The van der Waals surface area contributed by atoms with Crippen LogP contribution in [0.2, 0.25) is 0 Å². The normalized spacial score (nSPS) is 11.4. The van der Waals surface area contributed by atoms with Crippen LogP contribution in [-0.2, 0) is 4.57 Å². The zero-order chi connectivity index (χ0) is 28.5. The van der Waals surface area contributed by atoms with Crippen molar-refractivity contribution in [2.45, 2.75) is 65.2 Å². The predicted molar refractivity (Wildman–Crippen MR) is 159 cm³/mol. The fourth-order valence-electron chi connectivity index (χ4n) is 4.50. The van der Waals surface area contributed by atoms with E-state index in [9.17, 15) is 9.67 Å². The zero-order valence-electron chi connectivity index (χ0n) is 23.7. The molecule has 4 rings (SSSR count). The van der Waals surface area contributed by atoms with Gasteiger partial charge in [0.2, 0.25) is 0 Å². The molecule has 7 heteroatoms. The number of para-hydroxylation sites is 2. The summed E-state index contributed by atoms with van der Waals surface area (Å²) in [7, 11) is -4.27. The van der Waals surface area contributed by atoms with Crippen LogP contribution < -0.4 is 13.6 Å². The minimum absolute atomic E-state index is 0.206. The number of hydrogen-bond acceptors (Lipinski definition) is 6. The van der Waals surface area contributed by atoms with Gasteiger partial charge in [-0.1, -0.05) is 60.3 Å². The molecule has 39 heavy (non-hydrogen) atoms.